The van der Waals surface area contributed by atoms with Gasteiger partial charge in [-0.05, 0) is 48.6 Å². The van der Waals surface area contributed by atoms with E-state index in [1.807, 2.05) is 42.6 Å². The molecule has 6 rings (SSSR count). The smallest absolute Gasteiger partial charge is 0.265 e. The molecule has 0 saturated carbocycles. The molecule has 0 saturated heterocycles. The molecule has 4 aromatic rings. The van der Waals surface area contributed by atoms with Gasteiger partial charge in [0.25, 0.3) is 10.0 Å². The van der Waals surface area contributed by atoms with Gasteiger partial charge in [-0.1, -0.05) is 30.3 Å². The fraction of sp³-hybridized carbons (Fsp3) is 0.167. The number of nitrogens with zero attached hydrogens (tertiary/aromatic N) is 3. The summed E-state index contributed by atoms with van der Waals surface area (Å²) in [5.41, 5.74) is 4.47. The lowest BCUT2D eigenvalue weighted by atomic mass is 10.1. The predicted octanol–water partition coefficient (Wildman–Crippen LogP) is 4.37. The standard InChI is InChI=1S/C24H19N3O3S2/c1-15-25-19(14-31-15)17-8-9-20-18(12-17)10-11-26(20)23(28)13-27-21-6-2-4-16-5-3-7-22(24(16)21)32(27,29)30/h2-9,12,14H,10-11,13H2,1H3. The van der Waals surface area contributed by atoms with Gasteiger partial charge >= 0.3 is 0 Å². The van der Waals surface area contributed by atoms with Crippen molar-refractivity contribution in [3.8, 4) is 11.3 Å². The molecule has 0 atom stereocenters. The molecule has 0 radical (unpaired) electrons. The van der Waals surface area contributed by atoms with Crippen LogP contribution < -0.4 is 9.21 Å². The topological polar surface area (TPSA) is 70.6 Å². The van der Waals surface area contributed by atoms with E-state index in [1.165, 1.54) is 4.31 Å². The number of hydrogen-bond donors (Lipinski definition) is 0. The SMILES string of the molecule is Cc1nc(-c2ccc3c(c2)CCN3C(=O)CN2c3cccc4cccc(c34)S2(=O)=O)cs1. The van der Waals surface area contributed by atoms with Gasteiger partial charge in [0.2, 0.25) is 5.91 Å². The Bertz CT molecular complexity index is 1520. The quantitative estimate of drug-likeness (QED) is 0.454. The van der Waals surface area contributed by atoms with Crippen molar-refractivity contribution < 1.29 is 13.2 Å². The van der Waals surface area contributed by atoms with Crippen molar-refractivity contribution in [2.45, 2.75) is 18.2 Å². The second kappa shape index (κ2) is 6.88. The molecule has 3 aromatic carbocycles. The Kier molecular flexibility index (Phi) is 4.18. The molecule has 32 heavy (non-hydrogen) atoms. The van der Waals surface area contributed by atoms with Crippen LogP contribution in [-0.4, -0.2) is 32.4 Å². The maximum absolute atomic E-state index is 13.3. The van der Waals surface area contributed by atoms with Gasteiger partial charge in [-0.2, -0.15) is 0 Å². The Morgan fingerprint density at radius 3 is 2.69 bits per heavy atom. The number of rotatable bonds is 3. The molecule has 2 aliphatic rings. The second-order valence-electron chi connectivity index (χ2n) is 8.03. The molecule has 0 spiro atoms. The van der Waals surface area contributed by atoms with E-state index in [9.17, 15) is 13.2 Å². The minimum absolute atomic E-state index is 0.220. The van der Waals surface area contributed by atoms with Crippen LogP contribution >= 0.6 is 11.3 Å². The van der Waals surface area contributed by atoms with E-state index >= 15 is 0 Å². The van der Waals surface area contributed by atoms with Crippen molar-refractivity contribution in [3.63, 3.8) is 0 Å². The molecule has 3 heterocycles. The number of thiazole rings is 1. The molecule has 6 nitrogen and oxygen atoms in total. The summed E-state index contributed by atoms with van der Waals surface area (Å²) in [6.45, 7) is 2.30. The Labute approximate surface area is 189 Å². The highest BCUT2D eigenvalue weighted by molar-refractivity contribution is 7.93. The number of anilines is 2. The van der Waals surface area contributed by atoms with Crippen LogP contribution in [0.1, 0.15) is 10.6 Å². The second-order valence-corrected chi connectivity index (χ2v) is 10.9. The first kappa shape index (κ1) is 19.5. The summed E-state index contributed by atoms with van der Waals surface area (Å²) in [6, 6.07) is 16.7. The molecule has 0 N–H and O–H groups in total. The molecule has 1 amide bonds. The van der Waals surface area contributed by atoms with Crippen LogP contribution in [0.15, 0.2) is 64.9 Å². The van der Waals surface area contributed by atoms with E-state index in [0.29, 0.717) is 17.6 Å². The zero-order valence-corrected chi connectivity index (χ0v) is 18.9. The Hall–Kier alpha value is -3.23. The van der Waals surface area contributed by atoms with Gasteiger partial charge in [-0.3, -0.25) is 9.10 Å². The van der Waals surface area contributed by atoms with Crippen LogP contribution in [0, 0.1) is 6.92 Å². The van der Waals surface area contributed by atoms with Crippen molar-refractivity contribution in [1.29, 1.82) is 0 Å². The summed E-state index contributed by atoms with van der Waals surface area (Å²) < 4.78 is 27.7. The van der Waals surface area contributed by atoms with Gasteiger partial charge in [0.05, 0.1) is 21.3 Å². The van der Waals surface area contributed by atoms with E-state index in [1.54, 1.807) is 34.4 Å². The van der Waals surface area contributed by atoms with E-state index in [4.69, 9.17) is 0 Å². The summed E-state index contributed by atoms with van der Waals surface area (Å²) in [5, 5.41) is 4.59. The fourth-order valence-corrected chi connectivity index (χ4v) is 6.93. The number of benzene rings is 3. The molecule has 2 aliphatic heterocycles. The third-order valence-electron chi connectivity index (χ3n) is 6.15. The van der Waals surface area contributed by atoms with Crippen LogP contribution in [0.3, 0.4) is 0 Å². The average molecular weight is 462 g/mol. The Morgan fingerprint density at radius 1 is 1.09 bits per heavy atom. The summed E-state index contributed by atoms with van der Waals surface area (Å²) in [7, 11) is -3.76. The Morgan fingerprint density at radius 2 is 1.91 bits per heavy atom. The highest BCUT2D eigenvalue weighted by Crippen LogP contribution is 2.42. The average Bonchev–Trinajstić information content (AvgIpc) is 3.46. The first-order valence-electron chi connectivity index (χ1n) is 10.3. The number of hydrogen-bond acceptors (Lipinski definition) is 5. The van der Waals surface area contributed by atoms with E-state index in [2.05, 4.69) is 11.1 Å². The lowest BCUT2D eigenvalue weighted by Gasteiger charge is -2.23. The first-order chi connectivity index (χ1) is 15.4. The number of carbonyl (C=O) groups is 1. The van der Waals surface area contributed by atoms with Gasteiger partial charge < -0.3 is 4.90 Å². The van der Waals surface area contributed by atoms with E-state index in [-0.39, 0.29) is 17.3 Å². The molecule has 0 aliphatic carbocycles. The van der Waals surface area contributed by atoms with Crippen LogP contribution in [0.2, 0.25) is 0 Å². The fourth-order valence-electron chi connectivity index (χ4n) is 4.65. The van der Waals surface area contributed by atoms with Crippen molar-refractivity contribution >= 4 is 49.4 Å². The molecule has 0 bridgehead atoms. The van der Waals surface area contributed by atoms with Gasteiger partial charge in [0, 0.05) is 28.6 Å². The third-order valence-corrected chi connectivity index (χ3v) is 8.73. The summed E-state index contributed by atoms with van der Waals surface area (Å²) in [5.74, 6) is -0.227. The zero-order chi connectivity index (χ0) is 22.0. The van der Waals surface area contributed by atoms with Crippen LogP contribution in [0.4, 0.5) is 11.4 Å². The lowest BCUT2D eigenvalue weighted by molar-refractivity contribution is -0.117. The molecule has 0 unspecified atom stereocenters. The van der Waals surface area contributed by atoms with Gasteiger partial charge in [-0.25, -0.2) is 13.4 Å². The number of sulfonamides is 1. The van der Waals surface area contributed by atoms with Crippen molar-refractivity contribution in [3.05, 3.63) is 70.5 Å². The molecule has 0 fully saturated rings. The summed E-state index contributed by atoms with van der Waals surface area (Å²) in [4.78, 5) is 19.8. The molecule has 1 aromatic heterocycles. The van der Waals surface area contributed by atoms with E-state index < -0.39 is 10.0 Å². The predicted molar refractivity (Wildman–Crippen MR) is 127 cm³/mol. The van der Waals surface area contributed by atoms with Crippen LogP contribution in [0.5, 0.6) is 0 Å². The van der Waals surface area contributed by atoms with E-state index in [0.717, 1.165) is 39.3 Å². The normalized spacial score (nSPS) is 16.0. The van der Waals surface area contributed by atoms with Crippen molar-refractivity contribution in [2.75, 3.05) is 22.3 Å². The van der Waals surface area contributed by atoms with Crippen molar-refractivity contribution in [1.82, 2.24) is 4.98 Å². The van der Waals surface area contributed by atoms with Crippen molar-refractivity contribution in [2.24, 2.45) is 0 Å². The van der Waals surface area contributed by atoms with Gasteiger partial charge in [0.15, 0.2) is 0 Å². The van der Waals surface area contributed by atoms with Gasteiger partial charge in [0.1, 0.15) is 6.54 Å². The number of amides is 1. The number of fused-ring (bicyclic) bond motifs is 1. The van der Waals surface area contributed by atoms with Crippen LogP contribution in [-0.2, 0) is 21.2 Å². The lowest BCUT2D eigenvalue weighted by Crippen LogP contribution is -2.41. The van der Waals surface area contributed by atoms with Gasteiger partial charge in [-0.15, -0.1) is 11.3 Å². The minimum atomic E-state index is -3.76. The summed E-state index contributed by atoms with van der Waals surface area (Å²) in [6.07, 6.45) is 0.737. The molecular formula is C24H19N3O3S2. The number of carbonyl (C=O) groups excluding carboxylic acids is 1. The monoisotopic (exact) mass is 461 g/mol. The molecular weight excluding hydrogens is 442 g/mol. The minimum Gasteiger partial charge on any atom is -0.310 e. The Balaban J connectivity index is 1.31. The zero-order valence-electron chi connectivity index (χ0n) is 17.3. The molecule has 160 valence electrons. The number of aromatic nitrogens is 1. The highest BCUT2D eigenvalue weighted by atomic mass is 32.2. The van der Waals surface area contributed by atoms with Crippen LogP contribution in [0.25, 0.3) is 22.0 Å². The first-order valence-corrected chi connectivity index (χ1v) is 12.7. The largest absolute Gasteiger partial charge is 0.310 e. The maximum Gasteiger partial charge on any atom is 0.265 e. The number of aryl methyl sites for hydroxylation is 1. The molecule has 8 heteroatoms. The third kappa shape index (κ3) is 2.79. The summed E-state index contributed by atoms with van der Waals surface area (Å²) >= 11 is 1.61. The maximum atomic E-state index is 13.3. The highest BCUT2D eigenvalue weighted by Gasteiger charge is 2.38.